The average Bonchev–Trinajstić information content (AvgIpc) is 3.36. The summed E-state index contributed by atoms with van der Waals surface area (Å²) in [5, 5.41) is 3.52. The van der Waals surface area contributed by atoms with Gasteiger partial charge in [-0.1, -0.05) is 6.07 Å². The summed E-state index contributed by atoms with van der Waals surface area (Å²) in [6, 6.07) is 5.65. The van der Waals surface area contributed by atoms with Crippen LogP contribution in [0.25, 0.3) is 10.7 Å². The number of rotatable bonds is 6. The highest BCUT2D eigenvalue weighted by Gasteiger charge is 2.29. The summed E-state index contributed by atoms with van der Waals surface area (Å²) < 4.78 is 5.12. The van der Waals surface area contributed by atoms with Gasteiger partial charge in [0.05, 0.1) is 11.4 Å². The van der Waals surface area contributed by atoms with E-state index in [4.69, 9.17) is 4.74 Å². The van der Waals surface area contributed by atoms with Crippen LogP contribution in [0.5, 0.6) is 0 Å². The van der Waals surface area contributed by atoms with Gasteiger partial charge >= 0.3 is 5.97 Å². The van der Waals surface area contributed by atoms with Gasteiger partial charge in [0.1, 0.15) is 9.88 Å². The topological polar surface area (TPSA) is 81.2 Å². The van der Waals surface area contributed by atoms with E-state index in [-0.39, 0.29) is 18.6 Å². The highest BCUT2D eigenvalue weighted by molar-refractivity contribution is 7.17. The molecule has 6 nitrogen and oxygen atoms in total. The lowest BCUT2D eigenvalue weighted by atomic mass is 10.2. The zero-order valence-corrected chi connectivity index (χ0v) is 14.4. The number of amides is 1. The van der Waals surface area contributed by atoms with Gasteiger partial charge in [-0.2, -0.15) is 0 Å². The highest BCUT2D eigenvalue weighted by Crippen LogP contribution is 2.32. The normalized spacial score (nSPS) is 14.9. The number of nitrogens with one attached hydrogen (secondary N) is 1. The molecule has 3 rings (SSSR count). The van der Waals surface area contributed by atoms with Crippen molar-refractivity contribution in [1.29, 1.82) is 0 Å². The van der Waals surface area contributed by atoms with E-state index in [0.717, 1.165) is 12.8 Å². The van der Waals surface area contributed by atoms with Crippen LogP contribution < -0.4 is 5.32 Å². The molecular formula is C17H19N3O3S. The lowest BCUT2D eigenvalue weighted by Crippen LogP contribution is -2.37. The van der Waals surface area contributed by atoms with Gasteiger partial charge in [0.15, 0.2) is 6.61 Å². The molecule has 7 heteroatoms. The molecule has 2 aromatic rings. The van der Waals surface area contributed by atoms with Crippen LogP contribution in [-0.2, 0) is 9.53 Å². The maximum Gasteiger partial charge on any atom is 0.350 e. The van der Waals surface area contributed by atoms with Gasteiger partial charge in [-0.25, -0.2) is 9.78 Å². The monoisotopic (exact) mass is 345 g/mol. The molecule has 0 aliphatic heterocycles. The third-order valence-electron chi connectivity index (χ3n) is 3.92. The van der Waals surface area contributed by atoms with Crippen molar-refractivity contribution >= 4 is 23.2 Å². The molecule has 0 aromatic carbocycles. The molecular weight excluding hydrogens is 326 g/mol. The summed E-state index contributed by atoms with van der Waals surface area (Å²) >= 11 is 1.22. The Kier molecular flexibility index (Phi) is 4.89. The van der Waals surface area contributed by atoms with Crippen LogP contribution in [0.15, 0.2) is 24.4 Å². The standard InChI is InChI=1S/C17H19N3O3S/c1-10(12-6-7-12)19-14(21)9-23-17(22)15-11(2)20-16(24-15)13-5-3-4-8-18-13/h3-5,8,10,12H,6-7,9H2,1-2H3,(H,19,21)/t10-/m0/s1. The van der Waals surface area contributed by atoms with E-state index < -0.39 is 5.97 Å². The number of aryl methyl sites for hydroxylation is 1. The van der Waals surface area contributed by atoms with Crippen molar-refractivity contribution in [2.45, 2.75) is 32.7 Å². The van der Waals surface area contributed by atoms with Crippen molar-refractivity contribution in [3.63, 3.8) is 0 Å². The molecule has 126 valence electrons. The first-order valence-electron chi connectivity index (χ1n) is 7.90. The number of aromatic nitrogens is 2. The zero-order chi connectivity index (χ0) is 17.1. The number of hydrogen-bond donors (Lipinski definition) is 1. The van der Waals surface area contributed by atoms with Crippen LogP contribution in [0.2, 0.25) is 0 Å². The van der Waals surface area contributed by atoms with Gasteiger partial charge in [-0.05, 0) is 44.7 Å². The maximum absolute atomic E-state index is 12.2. The smallest absolute Gasteiger partial charge is 0.350 e. The number of thiazole rings is 1. The molecule has 0 bridgehead atoms. The molecule has 24 heavy (non-hydrogen) atoms. The second kappa shape index (κ2) is 7.09. The summed E-state index contributed by atoms with van der Waals surface area (Å²) in [6.07, 6.45) is 3.98. The first kappa shape index (κ1) is 16.6. The minimum absolute atomic E-state index is 0.136. The molecule has 0 spiro atoms. The van der Waals surface area contributed by atoms with E-state index in [0.29, 0.717) is 27.2 Å². The number of pyridine rings is 1. The van der Waals surface area contributed by atoms with Gasteiger partial charge in [-0.3, -0.25) is 9.78 Å². The fourth-order valence-corrected chi connectivity index (χ4v) is 3.33. The highest BCUT2D eigenvalue weighted by atomic mass is 32.1. The Balaban J connectivity index is 1.59. The summed E-state index contributed by atoms with van der Waals surface area (Å²) in [7, 11) is 0. The summed E-state index contributed by atoms with van der Waals surface area (Å²) in [4.78, 5) is 33.0. The Morgan fingerprint density at radius 3 is 2.88 bits per heavy atom. The Morgan fingerprint density at radius 1 is 1.42 bits per heavy atom. The molecule has 2 aromatic heterocycles. The second-order valence-corrected chi connectivity index (χ2v) is 6.92. The van der Waals surface area contributed by atoms with Crippen LogP contribution in [0, 0.1) is 12.8 Å². The largest absolute Gasteiger partial charge is 0.451 e. The van der Waals surface area contributed by atoms with Crippen LogP contribution >= 0.6 is 11.3 Å². The van der Waals surface area contributed by atoms with Gasteiger partial charge in [0, 0.05) is 12.2 Å². The Labute approximate surface area is 144 Å². The zero-order valence-electron chi connectivity index (χ0n) is 13.6. The molecule has 1 fully saturated rings. The average molecular weight is 345 g/mol. The number of nitrogens with zero attached hydrogens (tertiary/aromatic N) is 2. The van der Waals surface area contributed by atoms with Crippen LogP contribution in [0.4, 0.5) is 0 Å². The van der Waals surface area contributed by atoms with Crippen molar-refractivity contribution in [1.82, 2.24) is 15.3 Å². The van der Waals surface area contributed by atoms with E-state index in [2.05, 4.69) is 15.3 Å². The van der Waals surface area contributed by atoms with Crippen LogP contribution in [0.1, 0.15) is 35.1 Å². The SMILES string of the molecule is Cc1nc(-c2ccccn2)sc1C(=O)OCC(=O)N[C@@H](C)C1CC1. The Bertz CT molecular complexity index is 741. The summed E-state index contributed by atoms with van der Waals surface area (Å²) in [6.45, 7) is 3.45. The summed E-state index contributed by atoms with van der Waals surface area (Å²) in [5.74, 6) is -0.231. The molecule has 1 amide bonds. The molecule has 1 atom stereocenters. The van der Waals surface area contributed by atoms with Gasteiger partial charge < -0.3 is 10.1 Å². The van der Waals surface area contributed by atoms with E-state index in [1.54, 1.807) is 13.1 Å². The molecule has 1 saturated carbocycles. The van der Waals surface area contributed by atoms with Crippen LogP contribution in [0.3, 0.4) is 0 Å². The van der Waals surface area contributed by atoms with Crippen molar-refractivity contribution < 1.29 is 14.3 Å². The number of carbonyl (C=O) groups excluding carboxylic acids is 2. The maximum atomic E-state index is 12.2. The van der Waals surface area contributed by atoms with E-state index in [1.807, 2.05) is 25.1 Å². The third-order valence-corrected chi connectivity index (χ3v) is 5.08. The fraction of sp³-hybridized carbons (Fsp3) is 0.412. The number of ether oxygens (including phenoxy) is 1. The molecule has 0 unspecified atom stereocenters. The lowest BCUT2D eigenvalue weighted by molar-refractivity contribution is -0.124. The first-order valence-corrected chi connectivity index (χ1v) is 8.71. The third kappa shape index (κ3) is 3.97. The number of esters is 1. The van der Waals surface area contributed by atoms with Gasteiger partial charge in [0.2, 0.25) is 0 Å². The minimum atomic E-state index is -0.526. The van der Waals surface area contributed by atoms with E-state index in [1.165, 1.54) is 11.3 Å². The number of hydrogen-bond acceptors (Lipinski definition) is 6. The molecule has 1 N–H and O–H groups in total. The quantitative estimate of drug-likeness (QED) is 0.814. The Morgan fingerprint density at radius 2 is 2.21 bits per heavy atom. The molecule has 0 saturated heterocycles. The predicted molar refractivity (Wildman–Crippen MR) is 90.7 cm³/mol. The van der Waals surface area contributed by atoms with Crippen LogP contribution in [-0.4, -0.2) is 34.5 Å². The first-order chi connectivity index (χ1) is 11.5. The minimum Gasteiger partial charge on any atom is -0.451 e. The van der Waals surface area contributed by atoms with Gasteiger partial charge in [0.25, 0.3) is 5.91 Å². The second-order valence-electron chi connectivity index (χ2n) is 5.92. The molecule has 1 aliphatic carbocycles. The molecule has 1 aliphatic rings. The predicted octanol–water partition coefficient (Wildman–Crippen LogP) is 2.59. The fourth-order valence-electron chi connectivity index (χ4n) is 2.39. The van der Waals surface area contributed by atoms with Crippen molar-refractivity contribution in [2.24, 2.45) is 5.92 Å². The lowest BCUT2D eigenvalue weighted by Gasteiger charge is -2.12. The van der Waals surface area contributed by atoms with E-state index >= 15 is 0 Å². The molecule has 2 heterocycles. The van der Waals surface area contributed by atoms with E-state index in [9.17, 15) is 9.59 Å². The van der Waals surface area contributed by atoms with Crippen molar-refractivity contribution in [3.8, 4) is 10.7 Å². The van der Waals surface area contributed by atoms with Crippen molar-refractivity contribution in [3.05, 3.63) is 35.0 Å². The van der Waals surface area contributed by atoms with Gasteiger partial charge in [-0.15, -0.1) is 11.3 Å². The summed E-state index contributed by atoms with van der Waals surface area (Å²) in [5.41, 5.74) is 1.29. The molecule has 0 radical (unpaired) electrons. The Hall–Kier alpha value is -2.28. The van der Waals surface area contributed by atoms with Crippen molar-refractivity contribution in [2.75, 3.05) is 6.61 Å². The number of carbonyl (C=O) groups is 2.